The van der Waals surface area contributed by atoms with Crippen molar-refractivity contribution in [2.24, 2.45) is 0 Å². The number of ether oxygens (including phenoxy) is 1. The number of nitrogens with zero attached hydrogens (tertiary/aromatic N) is 1. The molecule has 0 bridgehead atoms. The number of aromatic nitrogens is 1. The zero-order valence-electron chi connectivity index (χ0n) is 13.6. The van der Waals surface area contributed by atoms with Crippen LogP contribution in [0.4, 0.5) is 0 Å². The number of benzene rings is 1. The molecule has 0 unspecified atom stereocenters. The van der Waals surface area contributed by atoms with Gasteiger partial charge < -0.3 is 10.1 Å². The fourth-order valence-corrected chi connectivity index (χ4v) is 2.37. The first-order chi connectivity index (χ1) is 11.4. The van der Waals surface area contributed by atoms with Gasteiger partial charge in [-0.15, -0.1) is 0 Å². The lowest BCUT2D eigenvalue weighted by Crippen LogP contribution is -2.37. The molecule has 1 aromatic heterocycles. The highest BCUT2D eigenvalue weighted by Crippen LogP contribution is 2.12. The summed E-state index contributed by atoms with van der Waals surface area (Å²) in [6, 6.07) is 13.2. The van der Waals surface area contributed by atoms with Gasteiger partial charge in [-0.25, -0.2) is 13.4 Å². The maximum Gasteiger partial charge on any atom is 0.238 e. The molecule has 2 rings (SSSR count). The van der Waals surface area contributed by atoms with E-state index < -0.39 is 21.0 Å². The van der Waals surface area contributed by atoms with Gasteiger partial charge in [-0.05, 0) is 24.1 Å². The molecular formula is C17H20N2O4S. The molecule has 0 saturated heterocycles. The van der Waals surface area contributed by atoms with Gasteiger partial charge in [-0.1, -0.05) is 30.3 Å². The van der Waals surface area contributed by atoms with Crippen LogP contribution in [0.2, 0.25) is 0 Å². The standard InChI is InChI=1S/C17H20N2O4S/c1-13(24(2,21)22)17(20)19-11-15-8-9-18-16(10-15)23-12-14-6-4-3-5-7-14/h3-10,13H,11-12H2,1-2H3,(H,19,20)/t13-/m1/s1. The second-order valence-electron chi connectivity index (χ2n) is 5.47. The third kappa shape index (κ3) is 5.34. The molecule has 0 fully saturated rings. The van der Waals surface area contributed by atoms with Crippen LogP contribution in [0.15, 0.2) is 48.7 Å². The molecule has 0 saturated carbocycles. The zero-order chi connectivity index (χ0) is 17.6. The van der Waals surface area contributed by atoms with Crippen LogP contribution in [0, 0.1) is 0 Å². The summed E-state index contributed by atoms with van der Waals surface area (Å²) in [7, 11) is -3.40. The van der Waals surface area contributed by atoms with E-state index in [1.165, 1.54) is 6.92 Å². The predicted molar refractivity (Wildman–Crippen MR) is 91.2 cm³/mol. The molecule has 2 aromatic rings. The van der Waals surface area contributed by atoms with Crippen molar-refractivity contribution >= 4 is 15.7 Å². The van der Waals surface area contributed by atoms with E-state index in [9.17, 15) is 13.2 Å². The van der Waals surface area contributed by atoms with Gasteiger partial charge in [0.2, 0.25) is 11.8 Å². The van der Waals surface area contributed by atoms with Crippen molar-refractivity contribution in [2.45, 2.75) is 25.3 Å². The van der Waals surface area contributed by atoms with E-state index in [1.807, 2.05) is 30.3 Å². The SMILES string of the molecule is C[C@H](C(=O)NCc1ccnc(OCc2ccccc2)c1)S(C)(=O)=O. The van der Waals surface area contributed by atoms with E-state index in [-0.39, 0.29) is 6.54 Å². The molecule has 1 heterocycles. The number of rotatable bonds is 7. The Kier molecular flexibility index (Phi) is 5.92. The Bertz CT molecular complexity index is 791. The van der Waals surface area contributed by atoms with Crippen LogP contribution in [0.25, 0.3) is 0 Å². The van der Waals surface area contributed by atoms with E-state index in [0.717, 1.165) is 17.4 Å². The number of hydrogen-bond donors (Lipinski definition) is 1. The van der Waals surface area contributed by atoms with E-state index in [4.69, 9.17) is 4.74 Å². The fraction of sp³-hybridized carbons (Fsp3) is 0.294. The average molecular weight is 348 g/mol. The van der Waals surface area contributed by atoms with Gasteiger partial charge in [0.1, 0.15) is 11.9 Å². The first kappa shape index (κ1) is 17.9. The minimum Gasteiger partial charge on any atom is -0.473 e. The Morgan fingerprint density at radius 3 is 2.58 bits per heavy atom. The highest BCUT2D eigenvalue weighted by molar-refractivity contribution is 7.92. The summed E-state index contributed by atoms with van der Waals surface area (Å²) in [5.74, 6) is -0.0807. The lowest BCUT2D eigenvalue weighted by molar-refractivity contribution is -0.120. The molecule has 7 heteroatoms. The lowest BCUT2D eigenvalue weighted by Gasteiger charge is -2.11. The Morgan fingerprint density at radius 1 is 1.21 bits per heavy atom. The highest BCUT2D eigenvalue weighted by atomic mass is 32.2. The number of amides is 1. The number of hydrogen-bond acceptors (Lipinski definition) is 5. The molecule has 6 nitrogen and oxygen atoms in total. The molecule has 0 aliphatic rings. The van der Waals surface area contributed by atoms with Crippen LogP contribution in [0.3, 0.4) is 0 Å². The van der Waals surface area contributed by atoms with E-state index >= 15 is 0 Å². The summed E-state index contributed by atoms with van der Waals surface area (Å²) in [5, 5.41) is 1.53. The first-order valence-corrected chi connectivity index (χ1v) is 9.40. The predicted octanol–water partition coefficient (Wildman–Crippen LogP) is 1.71. The van der Waals surface area contributed by atoms with Crippen molar-refractivity contribution in [2.75, 3.05) is 6.26 Å². The van der Waals surface area contributed by atoms with Crippen LogP contribution in [-0.4, -0.2) is 30.8 Å². The quantitative estimate of drug-likeness (QED) is 0.823. The molecule has 1 atom stereocenters. The van der Waals surface area contributed by atoms with Gasteiger partial charge in [0.05, 0.1) is 0 Å². The second kappa shape index (κ2) is 7.92. The minimum absolute atomic E-state index is 0.211. The molecule has 0 radical (unpaired) electrons. The summed E-state index contributed by atoms with van der Waals surface area (Å²) in [4.78, 5) is 15.9. The number of carbonyl (C=O) groups excluding carboxylic acids is 1. The molecule has 1 amide bonds. The monoisotopic (exact) mass is 348 g/mol. The molecule has 0 aliphatic heterocycles. The van der Waals surface area contributed by atoms with Crippen molar-refractivity contribution in [3.05, 3.63) is 59.8 Å². The zero-order valence-corrected chi connectivity index (χ0v) is 14.4. The van der Waals surface area contributed by atoms with E-state index in [2.05, 4.69) is 10.3 Å². The summed E-state index contributed by atoms with van der Waals surface area (Å²) in [5.41, 5.74) is 1.81. The molecule has 1 aromatic carbocycles. The van der Waals surface area contributed by atoms with Crippen LogP contribution >= 0.6 is 0 Å². The lowest BCUT2D eigenvalue weighted by atomic mass is 10.2. The summed E-state index contributed by atoms with van der Waals surface area (Å²) in [6.07, 6.45) is 2.63. The Labute approximate surface area is 141 Å². The Hall–Kier alpha value is -2.41. The van der Waals surface area contributed by atoms with Crippen LogP contribution < -0.4 is 10.1 Å². The van der Waals surface area contributed by atoms with Gasteiger partial charge in [0, 0.05) is 25.1 Å². The Balaban J connectivity index is 1.92. The number of nitrogens with one attached hydrogen (secondary N) is 1. The van der Waals surface area contributed by atoms with Crippen LogP contribution in [0.5, 0.6) is 5.88 Å². The van der Waals surface area contributed by atoms with Crippen molar-refractivity contribution in [3.63, 3.8) is 0 Å². The van der Waals surface area contributed by atoms with Crippen molar-refractivity contribution in [1.29, 1.82) is 0 Å². The van der Waals surface area contributed by atoms with Crippen molar-refractivity contribution in [3.8, 4) is 5.88 Å². The van der Waals surface area contributed by atoms with Crippen LogP contribution in [-0.2, 0) is 27.8 Å². The van der Waals surface area contributed by atoms with Gasteiger partial charge in [-0.3, -0.25) is 4.79 Å². The number of pyridine rings is 1. The number of sulfone groups is 1. The highest BCUT2D eigenvalue weighted by Gasteiger charge is 2.22. The average Bonchev–Trinajstić information content (AvgIpc) is 2.57. The fourth-order valence-electron chi connectivity index (χ4n) is 1.90. The van der Waals surface area contributed by atoms with Gasteiger partial charge in [0.25, 0.3) is 0 Å². The Morgan fingerprint density at radius 2 is 1.92 bits per heavy atom. The molecule has 128 valence electrons. The van der Waals surface area contributed by atoms with Crippen molar-refractivity contribution in [1.82, 2.24) is 10.3 Å². The largest absolute Gasteiger partial charge is 0.473 e. The summed E-state index contributed by atoms with van der Waals surface area (Å²) < 4.78 is 28.4. The molecule has 24 heavy (non-hydrogen) atoms. The molecule has 1 N–H and O–H groups in total. The van der Waals surface area contributed by atoms with Gasteiger partial charge >= 0.3 is 0 Å². The van der Waals surface area contributed by atoms with Crippen LogP contribution in [0.1, 0.15) is 18.1 Å². The third-order valence-corrected chi connectivity index (χ3v) is 5.01. The minimum atomic E-state index is -3.40. The van der Waals surface area contributed by atoms with E-state index in [0.29, 0.717) is 12.5 Å². The first-order valence-electron chi connectivity index (χ1n) is 7.44. The smallest absolute Gasteiger partial charge is 0.238 e. The molecule has 0 spiro atoms. The molecular weight excluding hydrogens is 328 g/mol. The maximum absolute atomic E-state index is 11.8. The normalized spacial score (nSPS) is 12.4. The third-order valence-electron chi connectivity index (χ3n) is 3.51. The van der Waals surface area contributed by atoms with Gasteiger partial charge in [0.15, 0.2) is 9.84 Å². The maximum atomic E-state index is 11.8. The summed E-state index contributed by atoms with van der Waals surface area (Å²) in [6.45, 7) is 1.98. The second-order valence-corrected chi connectivity index (χ2v) is 7.83. The van der Waals surface area contributed by atoms with E-state index in [1.54, 1.807) is 18.3 Å². The van der Waals surface area contributed by atoms with Gasteiger partial charge in [-0.2, -0.15) is 0 Å². The molecule has 0 aliphatic carbocycles. The number of carbonyl (C=O) groups is 1. The summed E-state index contributed by atoms with van der Waals surface area (Å²) >= 11 is 0. The van der Waals surface area contributed by atoms with Crippen molar-refractivity contribution < 1.29 is 17.9 Å². The topological polar surface area (TPSA) is 85.4 Å².